The van der Waals surface area contributed by atoms with Gasteiger partial charge in [-0.3, -0.25) is 4.79 Å². The number of hydrogen-bond donors (Lipinski definition) is 1. The monoisotopic (exact) mass is 472 g/mol. The standard InChI is InChI=1S/C21H20N4O3S3/c1-12-24-16-4-3-15(10-20(16)30-12)31(27,28)25-7-6-14(21(22)26)9-18(25)13-2-5-19-17(8-13)23-11-29-19/h2-5,8,10-11,14,18H,6-7,9H2,1H3,(H2,22,26). The van der Waals surface area contributed by atoms with Crippen molar-refractivity contribution < 1.29 is 13.2 Å². The van der Waals surface area contributed by atoms with Crippen LogP contribution in [0.3, 0.4) is 0 Å². The SMILES string of the molecule is Cc1nc2ccc(S(=O)(=O)N3CCC(C(N)=O)CC3c3ccc4scnc4c3)cc2s1. The van der Waals surface area contributed by atoms with Gasteiger partial charge >= 0.3 is 0 Å². The largest absolute Gasteiger partial charge is 0.369 e. The molecule has 2 N–H and O–H groups in total. The average molecular weight is 473 g/mol. The number of nitrogens with two attached hydrogens (primary N) is 1. The maximum absolute atomic E-state index is 13.7. The number of carbonyl (C=O) groups excluding carboxylic acids is 1. The summed E-state index contributed by atoms with van der Waals surface area (Å²) < 4.78 is 30.8. The van der Waals surface area contributed by atoms with E-state index in [1.165, 1.54) is 27.0 Å². The van der Waals surface area contributed by atoms with Gasteiger partial charge in [0.15, 0.2) is 0 Å². The minimum atomic E-state index is -3.79. The predicted molar refractivity (Wildman–Crippen MR) is 123 cm³/mol. The normalized spacial score (nSPS) is 20.4. The van der Waals surface area contributed by atoms with E-state index < -0.39 is 22.0 Å². The third-order valence-corrected chi connectivity index (χ3v) is 9.42. The van der Waals surface area contributed by atoms with E-state index in [9.17, 15) is 13.2 Å². The molecule has 1 aliphatic rings. The summed E-state index contributed by atoms with van der Waals surface area (Å²) in [4.78, 5) is 20.9. The lowest BCUT2D eigenvalue weighted by Crippen LogP contribution is -2.43. The van der Waals surface area contributed by atoms with Crippen molar-refractivity contribution in [2.75, 3.05) is 6.54 Å². The van der Waals surface area contributed by atoms with Crippen LogP contribution in [0.2, 0.25) is 0 Å². The Morgan fingerprint density at radius 3 is 2.81 bits per heavy atom. The number of primary amides is 1. The Balaban J connectivity index is 1.58. The van der Waals surface area contributed by atoms with Crippen molar-refractivity contribution in [3.8, 4) is 0 Å². The molecule has 0 bridgehead atoms. The minimum absolute atomic E-state index is 0.232. The number of sulfonamides is 1. The second kappa shape index (κ2) is 7.63. The predicted octanol–water partition coefficient (Wildman–Crippen LogP) is 3.84. The van der Waals surface area contributed by atoms with Crippen molar-refractivity contribution in [3.05, 3.63) is 52.5 Å². The number of fused-ring (bicyclic) bond motifs is 2. The van der Waals surface area contributed by atoms with Crippen molar-refractivity contribution in [1.82, 2.24) is 14.3 Å². The molecule has 2 atom stereocenters. The maximum atomic E-state index is 13.7. The van der Waals surface area contributed by atoms with Crippen LogP contribution in [0.4, 0.5) is 0 Å². The van der Waals surface area contributed by atoms with Gasteiger partial charge < -0.3 is 5.73 Å². The van der Waals surface area contributed by atoms with Crippen molar-refractivity contribution in [2.45, 2.75) is 30.7 Å². The fourth-order valence-corrected chi connectivity index (χ4v) is 7.46. The number of piperidine rings is 1. The van der Waals surface area contributed by atoms with E-state index in [1.807, 2.05) is 25.1 Å². The molecular weight excluding hydrogens is 452 g/mol. The highest BCUT2D eigenvalue weighted by Gasteiger charge is 2.39. The van der Waals surface area contributed by atoms with E-state index in [0.717, 1.165) is 31.0 Å². The highest BCUT2D eigenvalue weighted by Crippen LogP contribution is 2.39. The van der Waals surface area contributed by atoms with Gasteiger partial charge in [-0.2, -0.15) is 4.31 Å². The molecule has 1 amide bonds. The quantitative estimate of drug-likeness (QED) is 0.486. The lowest BCUT2D eigenvalue weighted by atomic mass is 9.88. The summed E-state index contributed by atoms with van der Waals surface area (Å²) >= 11 is 3.00. The van der Waals surface area contributed by atoms with Gasteiger partial charge in [-0.05, 0) is 55.7 Å². The fraction of sp³-hybridized carbons (Fsp3) is 0.286. The molecule has 10 heteroatoms. The van der Waals surface area contributed by atoms with Crippen LogP contribution in [0.15, 0.2) is 46.8 Å². The molecule has 2 aromatic carbocycles. The van der Waals surface area contributed by atoms with Crippen molar-refractivity contribution in [3.63, 3.8) is 0 Å². The summed E-state index contributed by atoms with van der Waals surface area (Å²) in [5, 5.41) is 0.890. The molecule has 2 unspecified atom stereocenters. The Bertz CT molecular complexity index is 1410. The van der Waals surface area contributed by atoms with Crippen LogP contribution in [-0.4, -0.2) is 35.1 Å². The first-order valence-electron chi connectivity index (χ1n) is 9.84. The van der Waals surface area contributed by atoms with Crippen LogP contribution in [0.1, 0.15) is 29.5 Å². The van der Waals surface area contributed by atoms with Crippen molar-refractivity contribution in [1.29, 1.82) is 0 Å². The van der Waals surface area contributed by atoms with Crippen LogP contribution in [0.5, 0.6) is 0 Å². The van der Waals surface area contributed by atoms with E-state index in [1.54, 1.807) is 23.7 Å². The van der Waals surface area contributed by atoms with E-state index in [-0.39, 0.29) is 17.4 Å². The van der Waals surface area contributed by atoms with Crippen LogP contribution in [0, 0.1) is 12.8 Å². The van der Waals surface area contributed by atoms with E-state index >= 15 is 0 Å². The molecule has 31 heavy (non-hydrogen) atoms. The second-order valence-electron chi connectivity index (χ2n) is 7.70. The lowest BCUT2D eigenvalue weighted by Gasteiger charge is -2.37. The third-order valence-electron chi connectivity index (χ3n) is 5.77. The molecule has 160 valence electrons. The molecule has 1 saturated heterocycles. The number of amides is 1. The molecule has 0 spiro atoms. The molecule has 3 heterocycles. The van der Waals surface area contributed by atoms with Gasteiger partial charge in [-0.25, -0.2) is 18.4 Å². The van der Waals surface area contributed by atoms with Crippen molar-refractivity contribution >= 4 is 59.0 Å². The zero-order chi connectivity index (χ0) is 21.8. The van der Waals surface area contributed by atoms with Gasteiger partial charge in [0.1, 0.15) is 0 Å². The molecule has 1 aliphatic heterocycles. The Hall–Kier alpha value is -2.40. The molecule has 2 aromatic heterocycles. The number of thiazole rings is 2. The van der Waals surface area contributed by atoms with Gasteiger partial charge in [-0.15, -0.1) is 22.7 Å². The Kier molecular flexibility index (Phi) is 5.04. The Morgan fingerprint density at radius 2 is 2.00 bits per heavy atom. The molecule has 0 saturated carbocycles. The lowest BCUT2D eigenvalue weighted by molar-refractivity contribution is -0.123. The summed E-state index contributed by atoms with van der Waals surface area (Å²) in [7, 11) is -3.79. The maximum Gasteiger partial charge on any atom is 0.243 e. The number of rotatable bonds is 4. The first kappa shape index (κ1) is 20.5. The van der Waals surface area contributed by atoms with E-state index in [2.05, 4.69) is 9.97 Å². The van der Waals surface area contributed by atoms with Gasteiger partial charge in [0.05, 0.1) is 41.9 Å². The topological polar surface area (TPSA) is 106 Å². The number of hydrogen-bond acceptors (Lipinski definition) is 7. The fourth-order valence-electron chi connectivity index (χ4n) is 4.19. The molecule has 7 nitrogen and oxygen atoms in total. The zero-order valence-corrected chi connectivity index (χ0v) is 19.1. The van der Waals surface area contributed by atoms with Crippen molar-refractivity contribution in [2.24, 2.45) is 11.7 Å². The molecule has 0 aliphatic carbocycles. The van der Waals surface area contributed by atoms with Crippen LogP contribution in [-0.2, 0) is 14.8 Å². The highest BCUT2D eigenvalue weighted by molar-refractivity contribution is 7.89. The first-order chi connectivity index (χ1) is 14.8. The summed E-state index contributed by atoms with van der Waals surface area (Å²) in [5.41, 5.74) is 9.79. The van der Waals surface area contributed by atoms with Gasteiger partial charge in [0.2, 0.25) is 15.9 Å². The smallest absolute Gasteiger partial charge is 0.243 e. The number of aromatic nitrogens is 2. The summed E-state index contributed by atoms with van der Waals surface area (Å²) in [5.74, 6) is -0.757. The minimum Gasteiger partial charge on any atom is -0.369 e. The number of nitrogens with zero attached hydrogens (tertiary/aromatic N) is 3. The summed E-state index contributed by atoms with van der Waals surface area (Å²) in [6, 6.07) is 10.4. The third kappa shape index (κ3) is 3.63. The van der Waals surface area contributed by atoms with E-state index in [0.29, 0.717) is 12.8 Å². The summed E-state index contributed by atoms with van der Waals surface area (Å²) in [6.45, 7) is 2.13. The molecule has 5 rings (SSSR count). The molecule has 0 radical (unpaired) electrons. The Labute approximate surface area is 187 Å². The van der Waals surface area contributed by atoms with E-state index in [4.69, 9.17) is 5.73 Å². The van der Waals surface area contributed by atoms with Gasteiger partial charge in [0, 0.05) is 12.5 Å². The molecular formula is C21H20N4O3S3. The molecule has 1 fully saturated rings. The highest BCUT2D eigenvalue weighted by atomic mass is 32.2. The second-order valence-corrected chi connectivity index (χ2v) is 11.7. The van der Waals surface area contributed by atoms with Gasteiger partial charge in [-0.1, -0.05) is 6.07 Å². The number of benzene rings is 2. The first-order valence-corrected chi connectivity index (χ1v) is 13.0. The van der Waals surface area contributed by atoms with Crippen LogP contribution in [0.25, 0.3) is 20.4 Å². The summed E-state index contributed by atoms with van der Waals surface area (Å²) in [6.07, 6.45) is 0.762. The number of aryl methyl sites for hydroxylation is 1. The average Bonchev–Trinajstić information content (AvgIpc) is 3.37. The van der Waals surface area contributed by atoms with Crippen LogP contribution < -0.4 is 5.73 Å². The Morgan fingerprint density at radius 1 is 1.16 bits per heavy atom. The molecule has 4 aromatic rings. The van der Waals surface area contributed by atoms with Crippen LogP contribution >= 0.6 is 22.7 Å². The zero-order valence-electron chi connectivity index (χ0n) is 16.7. The van der Waals surface area contributed by atoms with Gasteiger partial charge in [0.25, 0.3) is 0 Å². The number of carbonyl (C=O) groups is 1.